The van der Waals surface area contributed by atoms with E-state index >= 15 is 0 Å². The molecule has 1 aliphatic carbocycles. The van der Waals surface area contributed by atoms with Crippen LogP contribution in [0.5, 0.6) is 0 Å². The number of amidine groups is 1. The number of hydrogen-bond donors (Lipinski definition) is 0. The number of anilines is 3. The molecule has 12 rings (SSSR count). The van der Waals surface area contributed by atoms with Crippen molar-refractivity contribution in [2.24, 2.45) is 9.98 Å². The Morgan fingerprint density at radius 3 is 1.90 bits per heavy atom. The minimum atomic E-state index is -0.610. The van der Waals surface area contributed by atoms with Gasteiger partial charge in [-0.3, -0.25) is 4.99 Å². The summed E-state index contributed by atoms with van der Waals surface area (Å²) in [5.41, 5.74) is 20.5. The first kappa shape index (κ1) is 37.6. The zero-order valence-electron chi connectivity index (χ0n) is 35.3. The molecule has 0 bridgehead atoms. The lowest BCUT2D eigenvalue weighted by atomic mass is 9.60. The summed E-state index contributed by atoms with van der Waals surface area (Å²) in [4.78, 5) is 13.1. The van der Waals surface area contributed by atoms with Gasteiger partial charge in [0.2, 0.25) is 0 Å². The van der Waals surface area contributed by atoms with E-state index in [9.17, 15) is 0 Å². The highest BCUT2D eigenvalue weighted by Gasteiger charge is 2.48. The van der Waals surface area contributed by atoms with E-state index in [1.165, 1.54) is 94.6 Å². The van der Waals surface area contributed by atoms with Gasteiger partial charge in [-0.2, -0.15) is 0 Å². The second-order valence-corrected chi connectivity index (χ2v) is 18.3. The van der Waals surface area contributed by atoms with Gasteiger partial charge >= 0.3 is 0 Å². The van der Waals surface area contributed by atoms with Crippen molar-refractivity contribution in [3.8, 4) is 11.1 Å². The highest BCUT2D eigenvalue weighted by molar-refractivity contribution is 7.60. The van der Waals surface area contributed by atoms with Crippen molar-refractivity contribution >= 4 is 47.7 Å². The molecular weight excluding hydrogens is 782 g/mol. The second-order valence-electron chi connectivity index (χ2n) is 17.0. The first-order valence-electron chi connectivity index (χ1n) is 21.9. The SMILES string of the molecule is Cc1cc(N2c3ccccc3C(c3ccccc3)(c3cc4ccccc4c4c3Cc3ccccc3-4)c3ccccc32)c(C)cc1C1=NC(c2ccccc2)=NC(c2ccccc2)P1. The van der Waals surface area contributed by atoms with Gasteiger partial charge in [-0.25, -0.2) is 4.99 Å². The molecule has 0 radical (unpaired) electrons. The number of nitrogens with zero attached hydrogens (tertiary/aromatic N) is 3. The summed E-state index contributed by atoms with van der Waals surface area (Å²) >= 11 is 0. The molecule has 63 heavy (non-hydrogen) atoms. The molecule has 2 unspecified atom stereocenters. The van der Waals surface area contributed by atoms with Crippen LogP contribution in [0.2, 0.25) is 0 Å². The van der Waals surface area contributed by atoms with Crippen LogP contribution in [-0.4, -0.2) is 11.3 Å². The number of aryl methyl sites for hydroxylation is 2. The molecule has 3 nitrogen and oxygen atoms in total. The molecule has 3 aliphatic rings. The molecular formula is C59H44N3P. The molecule has 2 atom stereocenters. The summed E-state index contributed by atoms with van der Waals surface area (Å²) in [5, 5.41) is 2.58. The van der Waals surface area contributed by atoms with Crippen LogP contribution in [0.3, 0.4) is 0 Å². The molecule has 0 spiro atoms. The van der Waals surface area contributed by atoms with E-state index in [0.29, 0.717) is 8.58 Å². The van der Waals surface area contributed by atoms with Crippen LogP contribution >= 0.6 is 8.58 Å². The fourth-order valence-electron chi connectivity index (χ4n) is 10.7. The van der Waals surface area contributed by atoms with Crippen LogP contribution in [0.4, 0.5) is 17.1 Å². The van der Waals surface area contributed by atoms with Gasteiger partial charge in [0, 0.05) is 16.8 Å². The van der Waals surface area contributed by atoms with Crippen molar-refractivity contribution in [2.75, 3.05) is 4.90 Å². The normalized spacial score (nSPS) is 16.2. The van der Waals surface area contributed by atoms with Crippen LogP contribution < -0.4 is 4.90 Å². The fraction of sp³-hybridized carbons (Fsp3) is 0.0847. The van der Waals surface area contributed by atoms with Crippen molar-refractivity contribution in [2.45, 2.75) is 31.5 Å². The smallest absolute Gasteiger partial charge is 0.156 e. The summed E-state index contributed by atoms with van der Waals surface area (Å²) in [6.07, 6.45) is 0.889. The van der Waals surface area contributed by atoms with Gasteiger partial charge in [-0.1, -0.05) is 176 Å². The van der Waals surface area contributed by atoms with Gasteiger partial charge in [0.05, 0.1) is 28.0 Å². The molecule has 9 aromatic carbocycles. The summed E-state index contributed by atoms with van der Waals surface area (Å²) in [7, 11) is 0.399. The molecule has 0 saturated heterocycles. The van der Waals surface area contributed by atoms with Gasteiger partial charge in [0.25, 0.3) is 0 Å². The van der Waals surface area contributed by atoms with E-state index in [0.717, 1.165) is 23.3 Å². The van der Waals surface area contributed by atoms with Crippen molar-refractivity contribution in [3.05, 3.63) is 267 Å². The largest absolute Gasteiger partial charge is 0.310 e. The molecule has 300 valence electrons. The highest BCUT2D eigenvalue weighted by atomic mass is 31.1. The van der Waals surface area contributed by atoms with Crippen molar-refractivity contribution in [1.29, 1.82) is 0 Å². The molecule has 4 heteroatoms. The first-order valence-corrected chi connectivity index (χ1v) is 23.0. The van der Waals surface area contributed by atoms with Gasteiger partial charge in [0.1, 0.15) is 0 Å². The number of para-hydroxylation sites is 2. The molecule has 2 aliphatic heterocycles. The topological polar surface area (TPSA) is 28.0 Å². The molecule has 0 N–H and O–H groups in total. The van der Waals surface area contributed by atoms with E-state index in [4.69, 9.17) is 9.98 Å². The van der Waals surface area contributed by atoms with Crippen LogP contribution in [0.15, 0.2) is 216 Å². The predicted octanol–water partition coefficient (Wildman–Crippen LogP) is 14.8. The third kappa shape index (κ3) is 5.91. The lowest BCUT2D eigenvalue weighted by molar-refractivity contribution is 0.724. The standard InChI is InChI=1S/C59H44N3P/c1-38-35-54(39(2)34-47(38)58-61-56(40-20-6-3-7-21-40)60-57(63-58)41-22-8-4-9-23-41)62-52-32-18-16-30-49(52)59(44-26-10-5-11-27-44,50-31-17-19-33-53(50)62)51-37-43-25-13-15-29-46(43)55-45-28-14-12-24-42(45)36-48(51)55/h3-35,37,57,63H,36H2,1-2H3. The predicted molar refractivity (Wildman–Crippen MR) is 265 cm³/mol. The number of aliphatic imine (C=N–C) groups is 2. The van der Waals surface area contributed by atoms with Gasteiger partial charge in [0.15, 0.2) is 5.84 Å². The fourth-order valence-corrected chi connectivity index (χ4v) is 12.1. The molecule has 9 aromatic rings. The number of benzene rings is 9. The Balaban J connectivity index is 1.07. The number of hydrogen-bond acceptors (Lipinski definition) is 3. The third-order valence-electron chi connectivity index (χ3n) is 13.4. The minimum Gasteiger partial charge on any atom is -0.310 e. The maximum atomic E-state index is 5.33. The van der Waals surface area contributed by atoms with E-state index in [1.807, 2.05) is 6.07 Å². The average molecular weight is 826 g/mol. The third-order valence-corrected chi connectivity index (χ3v) is 14.8. The maximum Gasteiger partial charge on any atom is 0.156 e. The molecule has 0 amide bonds. The van der Waals surface area contributed by atoms with Crippen LogP contribution in [0.1, 0.15) is 67.0 Å². The Labute approximate surface area is 371 Å². The zero-order valence-corrected chi connectivity index (χ0v) is 36.3. The van der Waals surface area contributed by atoms with Crippen molar-refractivity contribution in [3.63, 3.8) is 0 Å². The van der Waals surface area contributed by atoms with E-state index in [2.05, 4.69) is 219 Å². The Hall–Kier alpha value is -7.19. The molecule has 0 aromatic heterocycles. The summed E-state index contributed by atoms with van der Waals surface area (Å²) < 4.78 is 0. The van der Waals surface area contributed by atoms with Crippen molar-refractivity contribution < 1.29 is 0 Å². The Bertz CT molecular complexity index is 3270. The maximum absolute atomic E-state index is 5.33. The second kappa shape index (κ2) is 15.0. The summed E-state index contributed by atoms with van der Waals surface area (Å²) in [5.74, 6) is 0.795. The summed E-state index contributed by atoms with van der Waals surface area (Å²) in [6, 6.07) is 76.0. The van der Waals surface area contributed by atoms with Crippen LogP contribution in [-0.2, 0) is 11.8 Å². The summed E-state index contributed by atoms with van der Waals surface area (Å²) in [6.45, 7) is 4.52. The van der Waals surface area contributed by atoms with Crippen LogP contribution in [0, 0.1) is 13.8 Å². The average Bonchev–Trinajstić information content (AvgIpc) is 3.75. The van der Waals surface area contributed by atoms with E-state index < -0.39 is 5.41 Å². The molecule has 0 saturated carbocycles. The highest BCUT2D eigenvalue weighted by Crippen LogP contribution is 2.60. The molecule has 2 heterocycles. The monoisotopic (exact) mass is 825 g/mol. The molecule has 0 fully saturated rings. The lowest BCUT2D eigenvalue weighted by Gasteiger charge is -2.47. The Kier molecular flexibility index (Phi) is 8.95. The van der Waals surface area contributed by atoms with Gasteiger partial charge in [-0.15, -0.1) is 0 Å². The Morgan fingerprint density at radius 2 is 1.16 bits per heavy atom. The quantitative estimate of drug-likeness (QED) is 0.154. The lowest BCUT2D eigenvalue weighted by Crippen LogP contribution is -2.38. The van der Waals surface area contributed by atoms with Gasteiger partial charge in [-0.05, 0) is 131 Å². The number of rotatable bonds is 6. The van der Waals surface area contributed by atoms with E-state index in [-0.39, 0.29) is 5.78 Å². The van der Waals surface area contributed by atoms with Crippen molar-refractivity contribution in [1.82, 2.24) is 0 Å². The van der Waals surface area contributed by atoms with Crippen LogP contribution in [0.25, 0.3) is 21.9 Å². The minimum absolute atomic E-state index is 0.00425. The van der Waals surface area contributed by atoms with Gasteiger partial charge < -0.3 is 4.90 Å². The number of fused-ring (bicyclic) bond motifs is 7. The first-order chi connectivity index (χ1) is 31.1. The van der Waals surface area contributed by atoms with E-state index in [1.54, 1.807) is 0 Å². The Morgan fingerprint density at radius 1 is 0.540 bits per heavy atom. The zero-order chi connectivity index (χ0) is 42.1.